The fraction of sp³-hybridized carbons (Fsp3) is 0. The molecule has 18 heavy (non-hydrogen) atoms. The summed E-state index contributed by atoms with van der Waals surface area (Å²) >= 11 is 3.32. The lowest BCUT2D eigenvalue weighted by Gasteiger charge is -1.99. The Morgan fingerprint density at radius 2 is 1.89 bits per heavy atom. The highest BCUT2D eigenvalue weighted by Gasteiger charge is 1.99. The number of benzene rings is 2. The van der Waals surface area contributed by atoms with Gasteiger partial charge >= 0.3 is 0 Å². The largest absolute Gasteiger partial charge is 0.506 e. The Morgan fingerprint density at radius 3 is 2.56 bits per heavy atom. The lowest BCUT2D eigenvalue weighted by atomic mass is 10.2. The molecule has 0 unspecified atom stereocenters. The lowest BCUT2D eigenvalue weighted by Crippen LogP contribution is -1.81. The maximum atomic E-state index is 9.62. The van der Waals surface area contributed by atoms with E-state index in [1.54, 1.807) is 48.7 Å². The van der Waals surface area contributed by atoms with Crippen LogP contribution >= 0.6 is 15.9 Å². The van der Waals surface area contributed by atoms with E-state index < -0.39 is 0 Å². The van der Waals surface area contributed by atoms with Gasteiger partial charge in [0.05, 0.1) is 11.6 Å². The first-order chi connectivity index (χ1) is 8.69. The van der Waals surface area contributed by atoms with Crippen LogP contribution in [-0.2, 0) is 0 Å². The van der Waals surface area contributed by atoms with Crippen LogP contribution in [0.5, 0.6) is 5.75 Å². The van der Waals surface area contributed by atoms with Crippen LogP contribution < -0.4 is 0 Å². The fourth-order valence-corrected chi connectivity index (χ4v) is 1.74. The first kappa shape index (κ1) is 12.3. The predicted octanol–water partition coefficient (Wildman–Crippen LogP) is 3.78. The van der Waals surface area contributed by atoms with Crippen LogP contribution in [0.15, 0.2) is 51.9 Å². The fourth-order valence-electron chi connectivity index (χ4n) is 1.39. The number of phenols is 1. The minimum atomic E-state index is 0.128. The van der Waals surface area contributed by atoms with Gasteiger partial charge in [-0.3, -0.25) is 4.99 Å². The summed E-state index contributed by atoms with van der Waals surface area (Å²) < 4.78 is 0.854. The van der Waals surface area contributed by atoms with Gasteiger partial charge in [-0.25, -0.2) is 0 Å². The summed E-state index contributed by atoms with van der Waals surface area (Å²) in [5, 5.41) is 18.3. The number of aliphatic imine (C=N–C) groups is 1. The molecule has 0 spiro atoms. The molecule has 0 fully saturated rings. The molecule has 0 saturated carbocycles. The molecule has 0 aliphatic rings. The molecule has 3 nitrogen and oxygen atoms in total. The monoisotopic (exact) mass is 300 g/mol. The Kier molecular flexibility index (Phi) is 3.75. The molecule has 0 saturated heterocycles. The van der Waals surface area contributed by atoms with Gasteiger partial charge in [-0.05, 0) is 35.9 Å². The summed E-state index contributed by atoms with van der Waals surface area (Å²) in [5.41, 5.74) is 1.97. The van der Waals surface area contributed by atoms with Gasteiger partial charge in [-0.1, -0.05) is 28.1 Å². The average molecular weight is 301 g/mol. The van der Waals surface area contributed by atoms with Crippen molar-refractivity contribution in [2.45, 2.75) is 0 Å². The molecular formula is C14H9BrN2O. The van der Waals surface area contributed by atoms with Gasteiger partial charge < -0.3 is 5.11 Å². The first-order valence-electron chi connectivity index (χ1n) is 5.22. The van der Waals surface area contributed by atoms with Crippen molar-refractivity contribution in [1.29, 1.82) is 5.26 Å². The number of nitrogens with zero attached hydrogens (tertiary/aromatic N) is 2. The van der Waals surface area contributed by atoms with E-state index in [2.05, 4.69) is 27.0 Å². The Bertz CT molecular complexity index is 627. The first-order valence-corrected chi connectivity index (χ1v) is 6.01. The van der Waals surface area contributed by atoms with Gasteiger partial charge in [-0.15, -0.1) is 0 Å². The number of nitriles is 1. The topological polar surface area (TPSA) is 56.4 Å². The molecule has 2 rings (SSSR count). The number of hydrogen-bond acceptors (Lipinski definition) is 3. The summed E-state index contributed by atoms with van der Waals surface area (Å²) in [6.07, 6.45) is 1.64. The van der Waals surface area contributed by atoms with Crippen LogP contribution in [0.2, 0.25) is 0 Å². The van der Waals surface area contributed by atoms with Crippen LogP contribution in [0, 0.1) is 11.3 Å². The Morgan fingerprint density at radius 1 is 1.17 bits per heavy atom. The maximum absolute atomic E-state index is 9.62. The summed E-state index contributed by atoms with van der Waals surface area (Å²) in [4.78, 5) is 4.20. The normalized spacial score (nSPS) is 10.4. The van der Waals surface area contributed by atoms with Crippen LogP contribution in [0.25, 0.3) is 0 Å². The van der Waals surface area contributed by atoms with Crippen molar-refractivity contribution in [3.63, 3.8) is 0 Å². The zero-order valence-electron chi connectivity index (χ0n) is 9.34. The highest BCUT2D eigenvalue weighted by molar-refractivity contribution is 9.10. The smallest absolute Gasteiger partial charge is 0.141 e. The molecule has 0 aliphatic carbocycles. The molecule has 0 atom stereocenters. The molecule has 1 N–H and O–H groups in total. The highest BCUT2D eigenvalue weighted by atomic mass is 79.9. The van der Waals surface area contributed by atoms with Crippen LogP contribution in [0.4, 0.5) is 5.69 Å². The van der Waals surface area contributed by atoms with Gasteiger partial charge in [0.1, 0.15) is 11.4 Å². The zero-order valence-corrected chi connectivity index (χ0v) is 10.9. The minimum Gasteiger partial charge on any atom is -0.506 e. The van der Waals surface area contributed by atoms with E-state index in [1.165, 1.54) is 0 Å². The number of aromatic hydroxyl groups is 1. The third kappa shape index (κ3) is 2.96. The van der Waals surface area contributed by atoms with Gasteiger partial charge in [0.15, 0.2) is 0 Å². The lowest BCUT2D eigenvalue weighted by molar-refractivity contribution is 0.477. The van der Waals surface area contributed by atoms with E-state index in [0.29, 0.717) is 11.3 Å². The van der Waals surface area contributed by atoms with Crippen molar-refractivity contribution in [3.8, 4) is 11.8 Å². The van der Waals surface area contributed by atoms with E-state index in [4.69, 9.17) is 5.26 Å². The Balaban J connectivity index is 2.24. The molecule has 2 aromatic carbocycles. The quantitative estimate of drug-likeness (QED) is 0.858. The number of rotatable bonds is 2. The maximum Gasteiger partial charge on any atom is 0.141 e. The number of hydrogen-bond donors (Lipinski definition) is 1. The zero-order chi connectivity index (χ0) is 13.0. The molecule has 88 valence electrons. The standard InChI is InChI=1S/C14H9BrN2O/c15-12-5-6-14(18)13(7-12)17-9-11-3-1-10(8-16)2-4-11/h1-7,9,18H/b17-9+. The van der Waals surface area contributed by atoms with Gasteiger partial charge in [0.2, 0.25) is 0 Å². The van der Waals surface area contributed by atoms with E-state index in [1.807, 2.05) is 0 Å². The molecule has 0 amide bonds. The van der Waals surface area contributed by atoms with Crippen molar-refractivity contribution in [1.82, 2.24) is 0 Å². The molecule has 0 aromatic heterocycles. The van der Waals surface area contributed by atoms with Gasteiger partial charge in [-0.2, -0.15) is 5.26 Å². The van der Waals surface area contributed by atoms with Crippen molar-refractivity contribution in [2.75, 3.05) is 0 Å². The summed E-state index contributed by atoms with van der Waals surface area (Å²) in [6.45, 7) is 0. The second-order valence-corrected chi connectivity index (χ2v) is 4.54. The summed E-state index contributed by atoms with van der Waals surface area (Å²) in [5.74, 6) is 0.128. The third-order valence-corrected chi connectivity index (χ3v) is 2.82. The van der Waals surface area contributed by atoms with Crippen molar-refractivity contribution in [3.05, 3.63) is 58.1 Å². The molecule has 0 aliphatic heterocycles. The Hall–Kier alpha value is -2.12. The van der Waals surface area contributed by atoms with Gasteiger partial charge in [0, 0.05) is 10.7 Å². The predicted molar refractivity (Wildman–Crippen MR) is 74.2 cm³/mol. The van der Waals surface area contributed by atoms with Gasteiger partial charge in [0.25, 0.3) is 0 Å². The van der Waals surface area contributed by atoms with E-state index in [0.717, 1.165) is 10.0 Å². The second kappa shape index (κ2) is 5.48. The van der Waals surface area contributed by atoms with E-state index in [-0.39, 0.29) is 5.75 Å². The molecule has 0 heterocycles. The average Bonchev–Trinajstić information content (AvgIpc) is 2.40. The van der Waals surface area contributed by atoms with Crippen LogP contribution in [0.1, 0.15) is 11.1 Å². The molecule has 2 aromatic rings. The highest BCUT2D eigenvalue weighted by Crippen LogP contribution is 2.29. The number of halogens is 1. The van der Waals surface area contributed by atoms with E-state index in [9.17, 15) is 5.11 Å². The molecular weight excluding hydrogens is 292 g/mol. The molecule has 0 bridgehead atoms. The SMILES string of the molecule is N#Cc1ccc(/C=N/c2cc(Br)ccc2O)cc1. The molecule has 4 heteroatoms. The van der Waals surface area contributed by atoms with Crippen LogP contribution in [-0.4, -0.2) is 11.3 Å². The Labute approximate surface area is 113 Å². The number of phenolic OH excluding ortho intramolecular Hbond substituents is 1. The second-order valence-electron chi connectivity index (χ2n) is 3.63. The summed E-state index contributed by atoms with van der Waals surface area (Å²) in [6, 6.07) is 14.2. The van der Waals surface area contributed by atoms with E-state index >= 15 is 0 Å². The van der Waals surface area contributed by atoms with Crippen molar-refractivity contribution >= 4 is 27.8 Å². The van der Waals surface area contributed by atoms with Crippen molar-refractivity contribution < 1.29 is 5.11 Å². The summed E-state index contributed by atoms with van der Waals surface area (Å²) in [7, 11) is 0. The molecule has 0 radical (unpaired) electrons. The third-order valence-electron chi connectivity index (χ3n) is 2.33. The van der Waals surface area contributed by atoms with Crippen molar-refractivity contribution in [2.24, 2.45) is 4.99 Å². The minimum absolute atomic E-state index is 0.128. The van der Waals surface area contributed by atoms with Crippen LogP contribution in [0.3, 0.4) is 0 Å².